The maximum atomic E-state index is 5.99. The maximum absolute atomic E-state index is 5.99. The highest BCUT2D eigenvalue weighted by atomic mass is 28.3. The Morgan fingerprint density at radius 1 is 0.857 bits per heavy atom. The highest BCUT2D eigenvalue weighted by molar-refractivity contribution is 6.86. The van der Waals surface area contributed by atoms with Crippen LogP contribution in [0, 0.1) is 11.8 Å². The second-order valence-electron chi connectivity index (χ2n) is 12.9. The lowest BCUT2D eigenvalue weighted by Gasteiger charge is -2.59. The quantitative estimate of drug-likeness (QED) is 0.284. The lowest BCUT2D eigenvalue weighted by atomic mass is 9.87. The number of ether oxygens (including phenoxy) is 1. The second-order valence-corrected chi connectivity index (χ2v) is 17.8. The van der Waals surface area contributed by atoms with Crippen LogP contribution in [0.4, 0.5) is 0 Å². The third kappa shape index (κ3) is 3.50. The lowest BCUT2D eigenvalue weighted by Crippen LogP contribution is -2.68. The van der Waals surface area contributed by atoms with Crippen molar-refractivity contribution in [2.45, 2.75) is 87.6 Å². The van der Waals surface area contributed by atoms with Crippen LogP contribution in [0.3, 0.4) is 0 Å². The third-order valence-electron chi connectivity index (χ3n) is 10.0. The molecular weight excluding hydrogens is 440 g/mol. The van der Waals surface area contributed by atoms with Gasteiger partial charge in [0.1, 0.15) is 0 Å². The first kappa shape index (κ1) is 23.5. The maximum Gasteiger partial charge on any atom is 0.0825 e. The van der Waals surface area contributed by atoms with Gasteiger partial charge in [0.15, 0.2) is 0 Å². The summed E-state index contributed by atoms with van der Waals surface area (Å²) in [6, 6.07) is 20.1. The van der Waals surface area contributed by atoms with Crippen molar-refractivity contribution in [1.82, 2.24) is 0 Å². The standard InChI is InChI=1S/C33H42OSi/c1-31(2,3)34-21-11-5-6-12-22-35(4)32(19-17-25-13-7-9-15-28(25)32)24-27-23-30(27)33(35)20-18-26-14-8-10-16-29(26)33/h7-10,13-20,27,30H,5-6,11-12,21-24H2,1-4H3. The van der Waals surface area contributed by atoms with Gasteiger partial charge in [-0.25, -0.2) is 0 Å². The topological polar surface area (TPSA) is 9.23 Å². The normalized spacial score (nSPS) is 33.8. The Labute approximate surface area is 213 Å². The van der Waals surface area contributed by atoms with Crippen molar-refractivity contribution >= 4 is 20.2 Å². The van der Waals surface area contributed by atoms with Gasteiger partial charge < -0.3 is 4.74 Å². The number of allylic oxidation sites excluding steroid dienone is 2. The molecule has 2 heteroatoms. The van der Waals surface area contributed by atoms with Crippen LogP contribution in [-0.2, 0) is 14.8 Å². The summed E-state index contributed by atoms with van der Waals surface area (Å²) in [5, 5.41) is 0.544. The van der Waals surface area contributed by atoms with E-state index in [9.17, 15) is 0 Å². The van der Waals surface area contributed by atoms with E-state index in [2.05, 4.69) is 100 Å². The van der Waals surface area contributed by atoms with E-state index in [1.54, 1.807) is 11.1 Å². The smallest absolute Gasteiger partial charge is 0.0825 e. The van der Waals surface area contributed by atoms with Gasteiger partial charge in [-0.15, -0.1) is 0 Å². The van der Waals surface area contributed by atoms with Crippen LogP contribution in [0.15, 0.2) is 60.7 Å². The van der Waals surface area contributed by atoms with Crippen molar-refractivity contribution in [2.24, 2.45) is 11.8 Å². The van der Waals surface area contributed by atoms with Gasteiger partial charge in [-0.05, 0) is 74.1 Å². The Bertz CT molecular complexity index is 1170. The number of hydrogen-bond acceptors (Lipinski definition) is 1. The molecule has 0 amide bonds. The van der Waals surface area contributed by atoms with E-state index >= 15 is 0 Å². The summed E-state index contributed by atoms with van der Waals surface area (Å²) >= 11 is 0. The zero-order valence-corrected chi connectivity index (χ0v) is 23.1. The zero-order valence-electron chi connectivity index (χ0n) is 22.1. The van der Waals surface area contributed by atoms with Gasteiger partial charge >= 0.3 is 0 Å². The lowest BCUT2D eigenvalue weighted by molar-refractivity contribution is -0.00471. The monoisotopic (exact) mass is 482 g/mol. The van der Waals surface area contributed by atoms with Crippen LogP contribution in [0.1, 0.15) is 81.5 Å². The molecule has 1 nitrogen and oxygen atoms in total. The van der Waals surface area contributed by atoms with Crippen molar-refractivity contribution in [1.29, 1.82) is 0 Å². The molecule has 0 aromatic heterocycles. The Morgan fingerprint density at radius 2 is 1.51 bits per heavy atom. The molecule has 1 heterocycles. The molecule has 4 aliphatic rings. The Kier molecular flexibility index (Phi) is 5.58. The molecule has 3 aliphatic carbocycles. The van der Waals surface area contributed by atoms with Crippen molar-refractivity contribution in [3.05, 3.63) is 82.9 Å². The van der Waals surface area contributed by atoms with Gasteiger partial charge in [-0.2, -0.15) is 0 Å². The average Bonchev–Trinajstić information content (AvgIpc) is 3.35. The van der Waals surface area contributed by atoms with Gasteiger partial charge in [-0.3, -0.25) is 0 Å². The molecule has 0 radical (unpaired) electrons. The second kappa shape index (κ2) is 8.31. The molecule has 184 valence electrons. The largest absolute Gasteiger partial charge is 0.376 e. The minimum absolute atomic E-state index is 0.0214. The molecule has 6 rings (SSSR count). The average molecular weight is 483 g/mol. The Balaban J connectivity index is 1.33. The van der Waals surface area contributed by atoms with Crippen molar-refractivity contribution in [3.8, 4) is 0 Å². The molecule has 1 aliphatic heterocycles. The highest BCUT2D eigenvalue weighted by Gasteiger charge is 2.73. The van der Waals surface area contributed by atoms with E-state index < -0.39 is 8.07 Å². The summed E-state index contributed by atoms with van der Waals surface area (Å²) in [7, 11) is -1.90. The molecule has 0 bridgehead atoms. The molecule has 2 aromatic rings. The molecule has 0 N–H and O–H groups in total. The highest BCUT2D eigenvalue weighted by Crippen LogP contribution is 2.72. The van der Waals surface area contributed by atoms with Crippen LogP contribution in [0.25, 0.3) is 12.2 Å². The molecule has 5 atom stereocenters. The van der Waals surface area contributed by atoms with E-state index in [1.165, 1.54) is 55.7 Å². The van der Waals surface area contributed by atoms with E-state index in [0.717, 1.165) is 18.4 Å². The molecule has 2 spiro atoms. The summed E-state index contributed by atoms with van der Waals surface area (Å²) in [6.07, 6.45) is 18.3. The first-order valence-electron chi connectivity index (χ1n) is 14.0. The number of benzene rings is 2. The summed E-state index contributed by atoms with van der Waals surface area (Å²) in [5.74, 6) is 1.72. The van der Waals surface area contributed by atoms with Crippen molar-refractivity contribution in [2.75, 3.05) is 6.61 Å². The minimum atomic E-state index is -1.90. The van der Waals surface area contributed by atoms with Crippen molar-refractivity contribution < 1.29 is 4.74 Å². The first-order valence-corrected chi connectivity index (χ1v) is 16.7. The van der Waals surface area contributed by atoms with E-state index in [4.69, 9.17) is 4.74 Å². The Morgan fingerprint density at radius 3 is 2.29 bits per heavy atom. The molecule has 35 heavy (non-hydrogen) atoms. The van der Waals surface area contributed by atoms with E-state index in [1.807, 2.05) is 0 Å². The fraction of sp³-hybridized carbons (Fsp3) is 0.515. The van der Waals surface area contributed by atoms with Crippen LogP contribution < -0.4 is 0 Å². The predicted octanol–water partition coefficient (Wildman–Crippen LogP) is 8.49. The van der Waals surface area contributed by atoms with E-state index in [0.29, 0.717) is 0 Å². The van der Waals surface area contributed by atoms with Gasteiger partial charge in [0, 0.05) is 16.7 Å². The molecule has 1 saturated carbocycles. The zero-order chi connectivity index (χ0) is 24.3. The number of hydrogen-bond donors (Lipinski definition) is 0. The van der Waals surface area contributed by atoms with Gasteiger partial charge in [-0.1, -0.05) is 105 Å². The van der Waals surface area contributed by atoms with Gasteiger partial charge in [0.05, 0.1) is 13.7 Å². The SMILES string of the molecule is CC(C)(C)OCCCCCC[Si]1(C)C2(C=Cc3ccccc32)CC2CC2C12C=Cc1ccccc12. The van der Waals surface area contributed by atoms with E-state index in [-0.39, 0.29) is 15.7 Å². The molecule has 5 unspecified atom stereocenters. The van der Waals surface area contributed by atoms with Crippen LogP contribution in [0.2, 0.25) is 12.6 Å². The molecule has 2 aromatic carbocycles. The van der Waals surface area contributed by atoms with Gasteiger partial charge in [0.25, 0.3) is 0 Å². The molecule has 1 saturated heterocycles. The summed E-state index contributed by atoms with van der Waals surface area (Å²) < 4.78 is 5.99. The summed E-state index contributed by atoms with van der Waals surface area (Å²) in [6.45, 7) is 10.2. The summed E-state index contributed by atoms with van der Waals surface area (Å²) in [4.78, 5) is 0. The fourth-order valence-electron chi connectivity index (χ4n) is 8.35. The van der Waals surface area contributed by atoms with Gasteiger partial charge in [0.2, 0.25) is 0 Å². The summed E-state index contributed by atoms with van der Waals surface area (Å²) in [5.41, 5.74) is 6.26. The first-order chi connectivity index (χ1) is 16.8. The van der Waals surface area contributed by atoms with Crippen LogP contribution in [0.5, 0.6) is 0 Å². The molecular formula is C33H42OSi. The number of unbranched alkanes of at least 4 members (excludes halogenated alkanes) is 3. The number of rotatable bonds is 7. The van der Waals surface area contributed by atoms with Crippen molar-refractivity contribution in [3.63, 3.8) is 0 Å². The van der Waals surface area contributed by atoms with Crippen LogP contribution in [-0.4, -0.2) is 20.3 Å². The fourth-order valence-corrected chi connectivity index (χ4v) is 15.3. The number of fused-ring (bicyclic) bond motifs is 6. The van der Waals surface area contributed by atoms with Crippen LogP contribution >= 0.6 is 0 Å². The predicted molar refractivity (Wildman–Crippen MR) is 151 cm³/mol. The molecule has 2 fully saturated rings. The Hall–Kier alpha value is -1.90. The third-order valence-corrected chi connectivity index (χ3v) is 16.6. The minimum Gasteiger partial charge on any atom is -0.376 e.